The van der Waals surface area contributed by atoms with Crippen LogP contribution in [-0.2, 0) is 29.5 Å². The van der Waals surface area contributed by atoms with Crippen molar-refractivity contribution in [1.82, 2.24) is 25.3 Å². The van der Waals surface area contributed by atoms with Gasteiger partial charge in [-0.1, -0.05) is 6.07 Å². The van der Waals surface area contributed by atoms with Gasteiger partial charge in [-0.3, -0.25) is 9.71 Å². The number of hydrogen-bond acceptors (Lipinski definition) is 9. The summed E-state index contributed by atoms with van der Waals surface area (Å²) < 4.78 is 40.4. The van der Waals surface area contributed by atoms with E-state index >= 15 is 0 Å². The quantitative estimate of drug-likeness (QED) is 0.401. The number of anilines is 4. The van der Waals surface area contributed by atoms with Crippen LogP contribution >= 0.6 is 0 Å². The zero-order chi connectivity index (χ0) is 22.6. The Balaban J connectivity index is 1.48. The van der Waals surface area contributed by atoms with Crippen molar-refractivity contribution in [3.05, 3.63) is 59.4 Å². The minimum absolute atomic E-state index is 0.00856. The second kappa shape index (κ2) is 9.40. The van der Waals surface area contributed by atoms with Crippen molar-refractivity contribution >= 4 is 33.3 Å². The van der Waals surface area contributed by atoms with Gasteiger partial charge in [-0.15, -0.1) is 0 Å². The average Bonchev–Trinajstić information content (AvgIpc) is 2.80. The smallest absolute Gasteiger partial charge is 0.233 e. The number of halogens is 1. The first-order valence-corrected chi connectivity index (χ1v) is 11.7. The van der Waals surface area contributed by atoms with E-state index in [1.165, 1.54) is 30.4 Å². The lowest BCUT2D eigenvalue weighted by molar-refractivity contribution is 0.602. The molecular formula is C20H23FN8O2S. The minimum Gasteiger partial charge on any atom is -0.362 e. The second-order valence-electron chi connectivity index (χ2n) is 7.14. The Kier molecular flexibility index (Phi) is 6.42. The first-order valence-electron chi connectivity index (χ1n) is 10.1. The molecule has 12 heteroatoms. The third kappa shape index (κ3) is 5.26. The summed E-state index contributed by atoms with van der Waals surface area (Å²) in [5, 5.41) is 9.27. The number of rotatable bonds is 8. The van der Waals surface area contributed by atoms with Crippen LogP contribution in [0.25, 0.3) is 0 Å². The number of nitrogens with one attached hydrogen (secondary N) is 4. The Hall–Kier alpha value is -3.38. The number of sulfonamides is 1. The molecule has 0 unspecified atom stereocenters. The van der Waals surface area contributed by atoms with Crippen molar-refractivity contribution in [1.29, 1.82) is 0 Å². The molecule has 4 N–H and O–H groups in total. The van der Waals surface area contributed by atoms with Gasteiger partial charge >= 0.3 is 0 Å². The maximum absolute atomic E-state index is 14.3. The van der Waals surface area contributed by atoms with Crippen molar-refractivity contribution in [2.24, 2.45) is 0 Å². The summed E-state index contributed by atoms with van der Waals surface area (Å²) in [6.07, 6.45) is 4.80. The van der Waals surface area contributed by atoms with E-state index in [0.717, 1.165) is 31.4 Å². The Morgan fingerprint density at radius 2 is 1.97 bits per heavy atom. The molecule has 0 saturated heterocycles. The number of hydrogen-bond donors (Lipinski definition) is 4. The standard InChI is InChI=1S/C20H23FN8O2S/c1-2-32(30,31)29-19-17(23-7-8-24-19)12-25-18-16(21)11-26-20(28-18)27-15-4-3-14-10-22-6-5-13(14)9-15/h3-4,7-9,11,22H,2,5-6,10,12H2,1H3,(H,24,29)(H2,25,26,27,28). The van der Waals surface area contributed by atoms with E-state index in [1.807, 2.05) is 18.2 Å². The predicted octanol–water partition coefficient (Wildman–Crippen LogP) is 2.17. The van der Waals surface area contributed by atoms with Gasteiger partial charge < -0.3 is 16.0 Å². The highest BCUT2D eigenvalue weighted by Gasteiger charge is 2.15. The highest BCUT2D eigenvalue weighted by molar-refractivity contribution is 7.92. The normalized spacial score (nSPS) is 13.3. The molecule has 0 fully saturated rings. The highest BCUT2D eigenvalue weighted by atomic mass is 32.2. The van der Waals surface area contributed by atoms with Crippen LogP contribution in [0.2, 0.25) is 0 Å². The van der Waals surface area contributed by atoms with Crippen LogP contribution in [0.5, 0.6) is 0 Å². The summed E-state index contributed by atoms with van der Waals surface area (Å²) in [5.74, 6) is -0.483. The van der Waals surface area contributed by atoms with Gasteiger partial charge in [-0.25, -0.2) is 22.8 Å². The Morgan fingerprint density at radius 1 is 1.12 bits per heavy atom. The molecule has 3 aromatic rings. The van der Waals surface area contributed by atoms with E-state index in [2.05, 4.69) is 40.6 Å². The second-order valence-corrected chi connectivity index (χ2v) is 9.15. The summed E-state index contributed by atoms with van der Waals surface area (Å²) in [7, 11) is -3.53. The molecule has 3 heterocycles. The zero-order valence-corrected chi connectivity index (χ0v) is 18.2. The fourth-order valence-electron chi connectivity index (χ4n) is 3.20. The van der Waals surface area contributed by atoms with Crippen LogP contribution in [0.1, 0.15) is 23.7 Å². The van der Waals surface area contributed by atoms with Crippen LogP contribution < -0.4 is 20.7 Å². The SMILES string of the molecule is CCS(=O)(=O)Nc1nccnc1CNc1nc(Nc2ccc3c(c2)CCNC3)ncc1F. The molecule has 1 aliphatic heterocycles. The lowest BCUT2D eigenvalue weighted by atomic mass is 10.0. The van der Waals surface area contributed by atoms with Gasteiger partial charge in [0.05, 0.1) is 18.5 Å². The summed E-state index contributed by atoms with van der Waals surface area (Å²) in [6.45, 7) is 3.29. The molecule has 2 aromatic heterocycles. The van der Waals surface area contributed by atoms with Gasteiger partial charge in [0.25, 0.3) is 0 Å². The van der Waals surface area contributed by atoms with Gasteiger partial charge in [0.1, 0.15) is 5.69 Å². The summed E-state index contributed by atoms with van der Waals surface area (Å²) in [6, 6.07) is 6.01. The van der Waals surface area contributed by atoms with Crippen LogP contribution in [-0.4, -0.2) is 40.7 Å². The van der Waals surface area contributed by atoms with E-state index in [-0.39, 0.29) is 29.9 Å². The van der Waals surface area contributed by atoms with Crippen LogP contribution in [0.3, 0.4) is 0 Å². The van der Waals surface area contributed by atoms with Gasteiger partial charge in [0.2, 0.25) is 16.0 Å². The molecule has 0 radical (unpaired) electrons. The first kappa shape index (κ1) is 21.8. The monoisotopic (exact) mass is 458 g/mol. The lowest BCUT2D eigenvalue weighted by Gasteiger charge is -2.18. The molecule has 32 heavy (non-hydrogen) atoms. The Labute approximate surface area is 185 Å². The van der Waals surface area contributed by atoms with Crippen LogP contribution in [0.4, 0.5) is 27.7 Å². The van der Waals surface area contributed by atoms with Crippen molar-refractivity contribution < 1.29 is 12.8 Å². The fraction of sp³-hybridized carbons (Fsp3) is 0.300. The fourth-order valence-corrected chi connectivity index (χ4v) is 3.81. The van der Waals surface area contributed by atoms with Crippen LogP contribution in [0, 0.1) is 5.82 Å². The predicted molar refractivity (Wildman–Crippen MR) is 120 cm³/mol. The first-order chi connectivity index (χ1) is 15.4. The molecule has 0 spiro atoms. The third-order valence-electron chi connectivity index (χ3n) is 4.92. The van der Waals surface area contributed by atoms with Gasteiger partial charge in [0, 0.05) is 24.6 Å². The summed E-state index contributed by atoms with van der Waals surface area (Å²) >= 11 is 0. The molecule has 168 valence electrons. The molecule has 0 amide bonds. The summed E-state index contributed by atoms with van der Waals surface area (Å²) in [5.41, 5.74) is 3.62. The van der Waals surface area contributed by atoms with E-state index in [0.29, 0.717) is 5.69 Å². The maximum atomic E-state index is 14.3. The largest absolute Gasteiger partial charge is 0.362 e. The molecule has 1 aliphatic rings. The van der Waals surface area contributed by atoms with Crippen molar-refractivity contribution in [3.8, 4) is 0 Å². The number of nitrogens with zero attached hydrogens (tertiary/aromatic N) is 4. The lowest BCUT2D eigenvalue weighted by Crippen LogP contribution is -2.23. The summed E-state index contributed by atoms with van der Waals surface area (Å²) in [4.78, 5) is 16.4. The number of benzene rings is 1. The Morgan fingerprint density at radius 3 is 2.81 bits per heavy atom. The van der Waals surface area contributed by atoms with Crippen molar-refractivity contribution in [2.75, 3.05) is 27.7 Å². The van der Waals surface area contributed by atoms with Crippen molar-refractivity contribution in [3.63, 3.8) is 0 Å². The van der Waals surface area contributed by atoms with E-state index < -0.39 is 15.8 Å². The molecular weight excluding hydrogens is 435 g/mol. The van der Waals surface area contributed by atoms with Crippen molar-refractivity contribution in [2.45, 2.75) is 26.4 Å². The average molecular weight is 459 g/mol. The molecule has 0 aliphatic carbocycles. The molecule has 4 rings (SSSR count). The van der Waals surface area contributed by atoms with E-state index in [9.17, 15) is 12.8 Å². The number of fused-ring (bicyclic) bond motifs is 1. The topological polar surface area (TPSA) is 134 Å². The Bertz CT molecular complexity index is 1220. The minimum atomic E-state index is -3.53. The molecule has 0 saturated carbocycles. The van der Waals surface area contributed by atoms with E-state index in [1.54, 1.807) is 0 Å². The maximum Gasteiger partial charge on any atom is 0.233 e. The molecule has 1 aromatic carbocycles. The molecule has 0 bridgehead atoms. The van der Waals surface area contributed by atoms with E-state index in [4.69, 9.17) is 0 Å². The molecule has 0 atom stereocenters. The van der Waals surface area contributed by atoms with Gasteiger partial charge in [0.15, 0.2) is 17.5 Å². The van der Waals surface area contributed by atoms with Gasteiger partial charge in [-0.2, -0.15) is 4.98 Å². The highest BCUT2D eigenvalue weighted by Crippen LogP contribution is 2.22. The number of aromatic nitrogens is 4. The molecule has 10 nitrogen and oxygen atoms in total. The third-order valence-corrected chi connectivity index (χ3v) is 6.19. The zero-order valence-electron chi connectivity index (χ0n) is 17.4. The van der Waals surface area contributed by atoms with Gasteiger partial charge in [-0.05, 0) is 43.1 Å². The van der Waals surface area contributed by atoms with Crippen LogP contribution in [0.15, 0.2) is 36.8 Å².